The first-order chi connectivity index (χ1) is 9.97. The molecule has 0 unspecified atom stereocenters. The first kappa shape index (κ1) is 16.6. The van der Waals surface area contributed by atoms with Crippen molar-refractivity contribution in [1.29, 1.82) is 0 Å². The van der Waals surface area contributed by atoms with E-state index in [1.807, 2.05) is 0 Å². The first-order valence-electron chi connectivity index (χ1n) is 6.19. The van der Waals surface area contributed by atoms with E-state index in [2.05, 4.69) is 18.1 Å². The van der Waals surface area contributed by atoms with E-state index in [1.165, 1.54) is 13.2 Å². The first-order valence-corrected chi connectivity index (χ1v) is 6.19. The van der Waals surface area contributed by atoms with Crippen LogP contribution in [0, 0.1) is 0 Å². The number of ether oxygens (including phenoxy) is 1. The molecule has 0 bridgehead atoms. The average molecular weight is 291 g/mol. The van der Waals surface area contributed by atoms with Gasteiger partial charge < -0.3 is 14.9 Å². The van der Waals surface area contributed by atoms with Crippen LogP contribution in [0.15, 0.2) is 25.3 Å². The smallest absolute Gasteiger partial charge is 0.355 e. The van der Waals surface area contributed by atoms with Crippen molar-refractivity contribution in [1.82, 2.24) is 4.98 Å². The fourth-order valence-corrected chi connectivity index (χ4v) is 2.10. The van der Waals surface area contributed by atoms with Crippen molar-refractivity contribution >= 4 is 11.9 Å². The van der Waals surface area contributed by atoms with Crippen LogP contribution < -0.4 is 0 Å². The maximum absolute atomic E-state index is 11.4. The summed E-state index contributed by atoms with van der Waals surface area (Å²) in [7, 11) is 1.47. The minimum Gasteiger partial charge on any atom is -0.478 e. The van der Waals surface area contributed by atoms with E-state index in [0.717, 1.165) is 0 Å². The Morgan fingerprint density at radius 2 is 1.76 bits per heavy atom. The topological polar surface area (TPSA) is 96.7 Å². The normalized spacial score (nSPS) is 10.1. The second-order valence-electron chi connectivity index (χ2n) is 4.27. The third-order valence-corrected chi connectivity index (χ3v) is 2.89. The summed E-state index contributed by atoms with van der Waals surface area (Å²) < 4.78 is 5.09. The quantitative estimate of drug-likeness (QED) is 0.712. The molecular formula is C15H17NO5. The molecule has 6 nitrogen and oxygen atoms in total. The van der Waals surface area contributed by atoms with Crippen molar-refractivity contribution in [3.63, 3.8) is 0 Å². The van der Waals surface area contributed by atoms with Gasteiger partial charge in [0.05, 0.1) is 17.9 Å². The molecule has 0 saturated heterocycles. The molecule has 0 aliphatic rings. The van der Waals surface area contributed by atoms with Gasteiger partial charge in [0.25, 0.3) is 0 Å². The number of hydrogen-bond acceptors (Lipinski definition) is 4. The van der Waals surface area contributed by atoms with Crippen molar-refractivity contribution in [2.45, 2.75) is 19.4 Å². The summed E-state index contributed by atoms with van der Waals surface area (Å²) in [5.41, 5.74) is 0.590. The van der Waals surface area contributed by atoms with Crippen molar-refractivity contribution in [2.75, 3.05) is 7.11 Å². The molecule has 1 rings (SSSR count). The minimum atomic E-state index is -1.38. The fraction of sp³-hybridized carbons (Fsp3) is 0.267. The largest absolute Gasteiger partial charge is 0.478 e. The Bertz CT molecular complexity index is 592. The summed E-state index contributed by atoms with van der Waals surface area (Å²) >= 11 is 0. The molecule has 1 aromatic rings. The average Bonchev–Trinajstić information content (AvgIpc) is 2.41. The van der Waals surface area contributed by atoms with Gasteiger partial charge in [-0.3, -0.25) is 0 Å². The molecule has 21 heavy (non-hydrogen) atoms. The van der Waals surface area contributed by atoms with Crippen LogP contribution in [-0.2, 0) is 24.2 Å². The lowest BCUT2D eigenvalue weighted by molar-refractivity contribution is 0.0644. The number of carboxylic acid groups (broad SMARTS) is 2. The van der Waals surface area contributed by atoms with Crippen LogP contribution in [0.25, 0.3) is 0 Å². The maximum Gasteiger partial charge on any atom is 0.355 e. The van der Waals surface area contributed by atoms with E-state index in [4.69, 9.17) is 4.74 Å². The van der Waals surface area contributed by atoms with Crippen LogP contribution in [0.5, 0.6) is 0 Å². The summed E-state index contributed by atoms with van der Waals surface area (Å²) in [5, 5.41) is 18.5. The highest BCUT2D eigenvalue weighted by atomic mass is 16.5. The van der Waals surface area contributed by atoms with Crippen LogP contribution in [0.4, 0.5) is 0 Å². The lowest BCUT2D eigenvalue weighted by atomic mass is 9.94. The minimum absolute atomic E-state index is 0.138. The number of nitrogens with zero attached hydrogens (tertiary/aromatic N) is 1. The highest BCUT2D eigenvalue weighted by Gasteiger charge is 2.26. The SMILES string of the molecule is C=CCc1nc(C(=O)O)c(C(=O)O)c(CC=C)c1COC. The lowest BCUT2D eigenvalue weighted by Crippen LogP contribution is -2.19. The number of aromatic nitrogens is 1. The predicted octanol–water partition coefficient (Wildman–Crippen LogP) is 2.08. The summed E-state index contributed by atoms with van der Waals surface area (Å²) in [6.07, 6.45) is 3.63. The monoisotopic (exact) mass is 291 g/mol. The summed E-state index contributed by atoms with van der Waals surface area (Å²) in [5.74, 6) is -2.72. The third kappa shape index (κ3) is 3.55. The van der Waals surface area contributed by atoms with Crippen LogP contribution in [-0.4, -0.2) is 34.2 Å². The van der Waals surface area contributed by atoms with Gasteiger partial charge in [0.15, 0.2) is 5.69 Å². The number of pyridine rings is 1. The molecule has 1 heterocycles. The molecule has 0 spiro atoms. The molecule has 2 N–H and O–H groups in total. The summed E-state index contributed by atoms with van der Waals surface area (Å²) in [6.45, 7) is 7.32. The molecular weight excluding hydrogens is 274 g/mol. The zero-order valence-electron chi connectivity index (χ0n) is 11.8. The Morgan fingerprint density at radius 3 is 2.19 bits per heavy atom. The number of carboxylic acids is 2. The van der Waals surface area contributed by atoms with E-state index in [0.29, 0.717) is 23.2 Å². The predicted molar refractivity (Wildman–Crippen MR) is 76.7 cm³/mol. The van der Waals surface area contributed by atoms with Crippen LogP contribution >= 0.6 is 0 Å². The van der Waals surface area contributed by atoms with Gasteiger partial charge in [-0.1, -0.05) is 12.2 Å². The number of carbonyl (C=O) groups is 2. The molecule has 6 heteroatoms. The standard InChI is InChI=1S/C15H17NO5/c1-4-6-9-10(8-21-3)11(7-5-2)16-13(15(19)20)12(9)14(17)18/h4-5H,1-2,6-8H2,3H3,(H,17,18)(H,19,20). The fourth-order valence-electron chi connectivity index (χ4n) is 2.10. The van der Waals surface area contributed by atoms with Crippen LogP contribution in [0.1, 0.15) is 37.7 Å². The van der Waals surface area contributed by atoms with Crippen molar-refractivity contribution < 1.29 is 24.5 Å². The number of rotatable bonds is 8. The van der Waals surface area contributed by atoms with Crippen molar-refractivity contribution in [3.05, 3.63) is 53.4 Å². The van der Waals surface area contributed by atoms with Crippen LogP contribution in [0.3, 0.4) is 0 Å². The highest BCUT2D eigenvalue weighted by molar-refractivity contribution is 6.01. The van der Waals surface area contributed by atoms with E-state index in [9.17, 15) is 19.8 Å². The third-order valence-electron chi connectivity index (χ3n) is 2.89. The zero-order chi connectivity index (χ0) is 16.0. The second-order valence-corrected chi connectivity index (χ2v) is 4.27. The Kier molecular flexibility index (Phi) is 5.80. The van der Waals surface area contributed by atoms with Gasteiger partial charge in [0.1, 0.15) is 0 Å². The van der Waals surface area contributed by atoms with Gasteiger partial charge in [-0.15, -0.1) is 13.2 Å². The van der Waals surface area contributed by atoms with Gasteiger partial charge in [-0.05, 0) is 12.0 Å². The van der Waals surface area contributed by atoms with Gasteiger partial charge in [-0.2, -0.15) is 0 Å². The van der Waals surface area contributed by atoms with Gasteiger partial charge in [-0.25, -0.2) is 14.6 Å². The van der Waals surface area contributed by atoms with Crippen molar-refractivity contribution in [2.24, 2.45) is 0 Å². The zero-order valence-corrected chi connectivity index (χ0v) is 11.8. The van der Waals surface area contributed by atoms with Gasteiger partial charge >= 0.3 is 11.9 Å². The summed E-state index contributed by atoms with van der Waals surface area (Å²) in [6, 6.07) is 0. The molecule has 112 valence electrons. The Balaban J connectivity index is 3.77. The number of allylic oxidation sites excluding steroid dienone is 2. The molecule has 0 amide bonds. The van der Waals surface area contributed by atoms with Crippen molar-refractivity contribution in [3.8, 4) is 0 Å². The Labute approximate surface area is 122 Å². The molecule has 1 aromatic heterocycles. The van der Waals surface area contributed by atoms with E-state index >= 15 is 0 Å². The molecule has 0 aliphatic heterocycles. The highest BCUT2D eigenvalue weighted by Crippen LogP contribution is 2.24. The Morgan fingerprint density at radius 1 is 1.14 bits per heavy atom. The molecule has 0 fully saturated rings. The Hall–Kier alpha value is -2.47. The van der Waals surface area contributed by atoms with Crippen LogP contribution in [0.2, 0.25) is 0 Å². The second kappa shape index (κ2) is 7.35. The van der Waals surface area contributed by atoms with E-state index in [1.54, 1.807) is 6.08 Å². The summed E-state index contributed by atoms with van der Waals surface area (Å²) in [4.78, 5) is 26.7. The number of hydrogen-bond donors (Lipinski definition) is 2. The van der Waals surface area contributed by atoms with E-state index in [-0.39, 0.29) is 18.6 Å². The number of methoxy groups -OCH3 is 1. The number of aromatic carboxylic acids is 2. The van der Waals surface area contributed by atoms with Gasteiger partial charge in [0.2, 0.25) is 0 Å². The molecule has 0 aromatic carbocycles. The molecule has 0 aliphatic carbocycles. The molecule has 0 atom stereocenters. The lowest BCUT2D eigenvalue weighted by Gasteiger charge is -2.16. The molecule has 0 saturated carbocycles. The molecule has 0 radical (unpaired) electrons. The maximum atomic E-state index is 11.4. The van der Waals surface area contributed by atoms with Gasteiger partial charge in [0, 0.05) is 19.1 Å². The van der Waals surface area contributed by atoms with E-state index < -0.39 is 17.6 Å².